The van der Waals surface area contributed by atoms with E-state index < -0.39 is 0 Å². The van der Waals surface area contributed by atoms with Crippen molar-refractivity contribution in [2.45, 2.75) is 38.1 Å². The molecular formula is C19H19N3S2. The number of nitrogens with two attached hydrogens (primary N) is 1. The molecule has 0 saturated carbocycles. The van der Waals surface area contributed by atoms with Crippen LogP contribution in [0.15, 0.2) is 29.3 Å². The topological polar surface area (TPSA) is 42.7 Å². The molecule has 1 unspecified atom stereocenters. The zero-order valence-electron chi connectivity index (χ0n) is 13.6. The summed E-state index contributed by atoms with van der Waals surface area (Å²) in [6, 6.07) is 8.43. The Kier molecular flexibility index (Phi) is 3.90. The van der Waals surface area contributed by atoms with E-state index in [1.807, 2.05) is 23.5 Å². The normalized spacial score (nSPS) is 22.8. The molecule has 1 aromatic heterocycles. The Morgan fingerprint density at radius 1 is 1.25 bits per heavy atom. The Labute approximate surface area is 150 Å². The van der Waals surface area contributed by atoms with Crippen molar-refractivity contribution in [2.75, 3.05) is 5.75 Å². The Bertz CT molecular complexity index is 875. The van der Waals surface area contributed by atoms with Gasteiger partial charge < -0.3 is 5.73 Å². The summed E-state index contributed by atoms with van der Waals surface area (Å²) < 4.78 is 0. The molecule has 0 amide bonds. The van der Waals surface area contributed by atoms with E-state index >= 15 is 0 Å². The van der Waals surface area contributed by atoms with Gasteiger partial charge in [-0.3, -0.25) is 4.99 Å². The summed E-state index contributed by atoms with van der Waals surface area (Å²) in [6.07, 6.45) is 4.47. The molecule has 2 aliphatic rings. The molecular weight excluding hydrogens is 334 g/mol. The fraction of sp³-hybridized carbons (Fsp3) is 0.368. The van der Waals surface area contributed by atoms with E-state index in [1.54, 1.807) is 11.8 Å². The van der Waals surface area contributed by atoms with E-state index in [9.17, 15) is 0 Å². The van der Waals surface area contributed by atoms with Crippen LogP contribution in [0.25, 0.3) is 15.3 Å². The molecule has 1 atom stereocenters. The van der Waals surface area contributed by atoms with Crippen molar-refractivity contribution in [3.8, 4) is 10.4 Å². The quantitative estimate of drug-likeness (QED) is 0.711. The summed E-state index contributed by atoms with van der Waals surface area (Å²) >= 11 is 3.53. The lowest BCUT2D eigenvalue weighted by Crippen LogP contribution is -2.34. The molecule has 0 fully saturated rings. The van der Waals surface area contributed by atoms with Gasteiger partial charge in [0.15, 0.2) is 10.9 Å². The minimum absolute atomic E-state index is 0.107. The fourth-order valence-electron chi connectivity index (χ4n) is 3.80. The highest BCUT2D eigenvalue weighted by Gasteiger charge is 2.39. The predicted octanol–water partition coefficient (Wildman–Crippen LogP) is 5.26. The van der Waals surface area contributed by atoms with Crippen LogP contribution in [0, 0.1) is 13.5 Å². The smallest absolute Gasteiger partial charge is 0.188 e. The first-order valence-electron chi connectivity index (χ1n) is 8.20. The van der Waals surface area contributed by atoms with Crippen LogP contribution in [0.1, 0.15) is 35.3 Å². The monoisotopic (exact) mass is 353 g/mol. The molecule has 0 bridgehead atoms. The van der Waals surface area contributed by atoms with Crippen molar-refractivity contribution in [3.05, 3.63) is 51.7 Å². The number of thioether (sulfide) groups is 1. The van der Waals surface area contributed by atoms with E-state index in [4.69, 9.17) is 17.3 Å². The van der Waals surface area contributed by atoms with Crippen LogP contribution < -0.4 is 5.73 Å². The molecule has 0 saturated heterocycles. The lowest BCUT2D eigenvalue weighted by atomic mass is 9.78. The molecule has 3 nitrogen and oxygen atoms in total. The van der Waals surface area contributed by atoms with Crippen LogP contribution in [0.2, 0.25) is 0 Å². The minimum Gasteiger partial charge on any atom is -0.379 e. The summed E-state index contributed by atoms with van der Waals surface area (Å²) in [5.74, 6) is 1.05. The van der Waals surface area contributed by atoms with Crippen LogP contribution in [-0.4, -0.2) is 10.9 Å². The predicted molar refractivity (Wildman–Crippen MR) is 104 cm³/mol. The third-order valence-electron chi connectivity index (χ3n) is 4.87. The number of aliphatic imine (C=N–C) groups is 1. The lowest BCUT2D eigenvalue weighted by molar-refractivity contribution is 0.368. The van der Waals surface area contributed by atoms with Crippen LogP contribution in [0.3, 0.4) is 0 Å². The van der Waals surface area contributed by atoms with Crippen molar-refractivity contribution < 1.29 is 0 Å². The fourth-order valence-corrected chi connectivity index (χ4v) is 5.97. The third kappa shape index (κ3) is 2.64. The lowest BCUT2D eigenvalue weighted by Gasteiger charge is -2.36. The SMILES string of the molecule is [C-]#[N+]c1cc(C)cc(-c2cc3c(s2)CCCC32CCSC(N)=N2)c1. The second-order valence-corrected chi connectivity index (χ2v) is 8.80. The van der Waals surface area contributed by atoms with Gasteiger partial charge in [-0.05, 0) is 55.9 Å². The molecule has 2 N–H and O–H groups in total. The second-order valence-electron chi connectivity index (χ2n) is 6.55. The van der Waals surface area contributed by atoms with E-state index in [-0.39, 0.29) is 5.54 Å². The van der Waals surface area contributed by atoms with Gasteiger partial charge in [-0.1, -0.05) is 29.5 Å². The van der Waals surface area contributed by atoms with Crippen molar-refractivity contribution in [1.29, 1.82) is 0 Å². The first-order valence-corrected chi connectivity index (χ1v) is 10.0. The minimum atomic E-state index is -0.107. The number of benzene rings is 1. The zero-order chi connectivity index (χ0) is 16.7. The van der Waals surface area contributed by atoms with E-state index in [0.717, 1.165) is 41.3 Å². The van der Waals surface area contributed by atoms with Crippen molar-refractivity contribution >= 4 is 34.0 Å². The van der Waals surface area contributed by atoms with Gasteiger partial charge in [0.2, 0.25) is 0 Å². The van der Waals surface area contributed by atoms with Crippen LogP contribution in [0.4, 0.5) is 5.69 Å². The maximum atomic E-state index is 7.30. The highest BCUT2D eigenvalue weighted by atomic mass is 32.2. The average molecular weight is 354 g/mol. The number of rotatable bonds is 1. The van der Waals surface area contributed by atoms with Gasteiger partial charge in [0.25, 0.3) is 0 Å². The first kappa shape index (κ1) is 15.7. The van der Waals surface area contributed by atoms with E-state index in [2.05, 4.69) is 23.9 Å². The summed E-state index contributed by atoms with van der Waals surface area (Å²) in [4.78, 5) is 11.2. The van der Waals surface area contributed by atoms with Crippen molar-refractivity contribution in [3.63, 3.8) is 0 Å². The van der Waals surface area contributed by atoms with Crippen molar-refractivity contribution in [1.82, 2.24) is 0 Å². The van der Waals surface area contributed by atoms with Crippen LogP contribution in [-0.2, 0) is 12.0 Å². The van der Waals surface area contributed by atoms with Gasteiger partial charge in [-0.2, -0.15) is 0 Å². The summed E-state index contributed by atoms with van der Waals surface area (Å²) in [5, 5.41) is 0.729. The van der Waals surface area contributed by atoms with Gasteiger partial charge in [0.05, 0.1) is 12.1 Å². The number of nitrogens with zero attached hydrogens (tertiary/aromatic N) is 2. The maximum Gasteiger partial charge on any atom is 0.188 e. The molecule has 4 rings (SSSR count). The third-order valence-corrected chi connectivity index (χ3v) is 6.91. The maximum absolute atomic E-state index is 7.30. The summed E-state index contributed by atoms with van der Waals surface area (Å²) in [6.45, 7) is 9.35. The molecule has 1 spiro atoms. The van der Waals surface area contributed by atoms with Crippen molar-refractivity contribution in [2.24, 2.45) is 10.7 Å². The first-order chi connectivity index (χ1) is 11.6. The molecule has 2 aromatic rings. The Morgan fingerprint density at radius 2 is 2.12 bits per heavy atom. The molecule has 122 valence electrons. The van der Waals surface area contributed by atoms with Gasteiger partial charge in [0, 0.05) is 15.5 Å². The molecule has 1 aromatic carbocycles. The average Bonchev–Trinajstić information content (AvgIpc) is 3.00. The van der Waals surface area contributed by atoms with E-state index in [1.165, 1.54) is 21.7 Å². The number of amidine groups is 1. The highest BCUT2D eigenvalue weighted by Crippen LogP contribution is 2.49. The number of fused-ring (bicyclic) bond motifs is 2. The molecule has 0 radical (unpaired) electrons. The van der Waals surface area contributed by atoms with Gasteiger partial charge in [-0.25, -0.2) is 4.85 Å². The van der Waals surface area contributed by atoms with Crippen LogP contribution in [0.5, 0.6) is 0 Å². The van der Waals surface area contributed by atoms with Gasteiger partial charge in [-0.15, -0.1) is 11.3 Å². The zero-order valence-corrected chi connectivity index (χ0v) is 15.3. The largest absolute Gasteiger partial charge is 0.379 e. The Hall–Kier alpha value is -1.77. The highest BCUT2D eigenvalue weighted by molar-refractivity contribution is 8.13. The molecule has 1 aliphatic heterocycles. The molecule has 24 heavy (non-hydrogen) atoms. The molecule has 5 heteroatoms. The van der Waals surface area contributed by atoms with E-state index in [0.29, 0.717) is 5.69 Å². The summed E-state index contributed by atoms with van der Waals surface area (Å²) in [5.41, 5.74) is 10.3. The van der Waals surface area contributed by atoms with Gasteiger partial charge in [0.1, 0.15) is 0 Å². The Morgan fingerprint density at radius 3 is 2.92 bits per heavy atom. The summed E-state index contributed by atoms with van der Waals surface area (Å²) in [7, 11) is 0. The number of aryl methyl sites for hydroxylation is 2. The van der Waals surface area contributed by atoms with Gasteiger partial charge >= 0.3 is 0 Å². The molecule has 2 heterocycles. The second kappa shape index (κ2) is 5.94. The Balaban J connectivity index is 1.83. The number of hydrogen-bond acceptors (Lipinski definition) is 4. The number of hydrogen-bond donors (Lipinski definition) is 1. The number of thiophene rings is 1. The standard InChI is InChI=1S/C19H19N3S2/c1-12-8-13(10-14(9-12)21-2)17-11-15-16(24-17)4-3-5-19(15)6-7-23-18(20)22-19/h8-11H,3-7H2,1H3,(H2,20,22). The molecule has 1 aliphatic carbocycles. The van der Waals surface area contributed by atoms with Crippen LogP contribution >= 0.6 is 23.1 Å².